The topological polar surface area (TPSA) is 76.7 Å². The Bertz CT molecular complexity index is 522. The first-order chi connectivity index (χ1) is 8.08. The van der Waals surface area contributed by atoms with Crippen molar-refractivity contribution in [3.8, 4) is 0 Å². The van der Waals surface area contributed by atoms with Crippen LogP contribution >= 0.6 is 11.3 Å². The number of rotatable bonds is 3. The van der Waals surface area contributed by atoms with Gasteiger partial charge in [-0.15, -0.1) is 11.3 Å². The van der Waals surface area contributed by atoms with Crippen molar-refractivity contribution in [3.05, 3.63) is 28.0 Å². The summed E-state index contributed by atoms with van der Waals surface area (Å²) in [6.07, 6.45) is 3.34. The lowest BCUT2D eigenvalue weighted by atomic mass is 10.3. The second-order valence-electron chi connectivity index (χ2n) is 3.91. The molecule has 0 saturated heterocycles. The Kier molecular flexibility index (Phi) is 3.23. The van der Waals surface area contributed by atoms with Gasteiger partial charge in [0.05, 0.1) is 6.04 Å². The fraction of sp³-hybridized carbons (Fsp3) is 0.364. The molecule has 0 radical (unpaired) electrons. The highest BCUT2D eigenvalue weighted by Crippen LogP contribution is 2.24. The molecule has 0 aliphatic carbocycles. The minimum atomic E-state index is 0.113. The molecule has 2 heterocycles. The van der Waals surface area contributed by atoms with Crippen LogP contribution in [0.25, 0.3) is 0 Å². The average Bonchev–Trinajstić information content (AvgIpc) is 2.72. The van der Waals surface area contributed by atoms with Gasteiger partial charge in [0.2, 0.25) is 0 Å². The van der Waals surface area contributed by atoms with E-state index in [0.29, 0.717) is 5.82 Å². The summed E-state index contributed by atoms with van der Waals surface area (Å²) in [6.45, 7) is 6.00. The zero-order valence-corrected chi connectivity index (χ0v) is 10.9. The lowest BCUT2D eigenvalue weighted by Crippen LogP contribution is -2.10. The van der Waals surface area contributed by atoms with Crippen LogP contribution in [0.2, 0.25) is 0 Å². The van der Waals surface area contributed by atoms with Crippen LogP contribution < -0.4 is 11.1 Å². The second kappa shape index (κ2) is 4.67. The van der Waals surface area contributed by atoms with E-state index >= 15 is 0 Å². The smallest absolute Gasteiger partial charge is 0.134 e. The summed E-state index contributed by atoms with van der Waals surface area (Å²) in [6, 6.07) is 0.113. The number of hydrogen-bond donors (Lipinski definition) is 2. The highest BCUT2D eigenvalue weighted by molar-refractivity contribution is 7.11. The highest BCUT2D eigenvalue weighted by Gasteiger charge is 2.12. The number of aromatic nitrogens is 3. The maximum atomic E-state index is 5.74. The minimum absolute atomic E-state index is 0.113. The first-order valence-electron chi connectivity index (χ1n) is 5.34. The van der Waals surface area contributed by atoms with Gasteiger partial charge in [-0.1, -0.05) is 0 Å². The van der Waals surface area contributed by atoms with E-state index in [4.69, 9.17) is 5.73 Å². The number of nitrogens with two attached hydrogens (primary N) is 1. The van der Waals surface area contributed by atoms with E-state index in [0.717, 1.165) is 16.4 Å². The standard InChI is InChI=1S/C11H15N5S/c1-6-4-13-11(17-6)8(3)16-10-7(2)9(12)14-5-15-10/h4-5,8H,1-3H3,(H3,12,14,15,16). The van der Waals surface area contributed by atoms with Crippen molar-refractivity contribution in [2.75, 3.05) is 11.1 Å². The van der Waals surface area contributed by atoms with Crippen LogP contribution in [0.5, 0.6) is 0 Å². The van der Waals surface area contributed by atoms with Crippen LogP contribution in [0.15, 0.2) is 12.5 Å². The van der Waals surface area contributed by atoms with E-state index in [1.54, 1.807) is 11.3 Å². The van der Waals surface area contributed by atoms with E-state index < -0.39 is 0 Å². The molecule has 0 aliphatic heterocycles. The Morgan fingerprint density at radius 1 is 1.29 bits per heavy atom. The normalized spacial score (nSPS) is 12.4. The molecule has 0 fully saturated rings. The third-order valence-corrected chi connectivity index (χ3v) is 3.58. The van der Waals surface area contributed by atoms with Gasteiger partial charge >= 0.3 is 0 Å². The number of thiazole rings is 1. The van der Waals surface area contributed by atoms with E-state index in [2.05, 4.69) is 27.2 Å². The molecule has 0 aromatic carbocycles. The van der Waals surface area contributed by atoms with Crippen molar-refractivity contribution in [2.24, 2.45) is 0 Å². The summed E-state index contributed by atoms with van der Waals surface area (Å²) >= 11 is 1.68. The van der Waals surface area contributed by atoms with Gasteiger partial charge in [-0.25, -0.2) is 15.0 Å². The Balaban J connectivity index is 2.18. The van der Waals surface area contributed by atoms with E-state index in [1.807, 2.05) is 20.0 Å². The van der Waals surface area contributed by atoms with E-state index in [9.17, 15) is 0 Å². The summed E-state index contributed by atoms with van der Waals surface area (Å²) in [7, 11) is 0. The Labute approximate surface area is 104 Å². The summed E-state index contributed by atoms with van der Waals surface area (Å²) in [5, 5.41) is 4.34. The quantitative estimate of drug-likeness (QED) is 0.872. The molecule has 90 valence electrons. The lowest BCUT2D eigenvalue weighted by molar-refractivity contribution is 0.855. The molecule has 0 aliphatic rings. The van der Waals surface area contributed by atoms with E-state index in [1.165, 1.54) is 11.2 Å². The average molecular weight is 249 g/mol. The van der Waals surface area contributed by atoms with Gasteiger partial charge in [0, 0.05) is 16.6 Å². The number of nitrogens with zero attached hydrogens (tertiary/aromatic N) is 3. The van der Waals surface area contributed by atoms with Crippen LogP contribution in [-0.2, 0) is 0 Å². The van der Waals surface area contributed by atoms with Crippen LogP contribution in [0, 0.1) is 13.8 Å². The van der Waals surface area contributed by atoms with Crippen molar-refractivity contribution >= 4 is 23.0 Å². The fourth-order valence-corrected chi connectivity index (χ4v) is 2.22. The molecule has 5 nitrogen and oxygen atoms in total. The maximum Gasteiger partial charge on any atom is 0.134 e. The van der Waals surface area contributed by atoms with Gasteiger partial charge < -0.3 is 11.1 Å². The lowest BCUT2D eigenvalue weighted by Gasteiger charge is -2.14. The van der Waals surface area contributed by atoms with Gasteiger partial charge in [-0.3, -0.25) is 0 Å². The summed E-state index contributed by atoms with van der Waals surface area (Å²) in [4.78, 5) is 13.7. The summed E-state index contributed by atoms with van der Waals surface area (Å²) in [5.41, 5.74) is 6.60. The van der Waals surface area contributed by atoms with Gasteiger partial charge in [0.15, 0.2) is 0 Å². The number of anilines is 2. The molecule has 17 heavy (non-hydrogen) atoms. The van der Waals surface area contributed by atoms with Crippen molar-refractivity contribution in [3.63, 3.8) is 0 Å². The molecule has 6 heteroatoms. The zero-order chi connectivity index (χ0) is 12.4. The molecule has 3 N–H and O–H groups in total. The highest BCUT2D eigenvalue weighted by atomic mass is 32.1. The molecule has 2 aromatic rings. The fourth-order valence-electron chi connectivity index (χ4n) is 1.45. The number of aryl methyl sites for hydroxylation is 1. The van der Waals surface area contributed by atoms with Gasteiger partial charge in [0.25, 0.3) is 0 Å². The number of nitrogens with one attached hydrogen (secondary N) is 1. The Morgan fingerprint density at radius 2 is 2.06 bits per heavy atom. The van der Waals surface area contributed by atoms with Crippen molar-refractivity contribution in [1.29, 1.82) is 0 Å². The molecule has 2 aromatic heterocycles. The first-order valence-corrected chi connectivity index (χ1v) is 6.15. The molecule has 0 saturated carbocycles. The number of hydrogen-bond acceptors (Lipinski definition) is 6. The van der Waals surface area contributed by atoms with E-state index in [-0.39, 0.29) is 6.04 Å². The monoisotopic (exact) mass is 249 g/mol. The van der Waals surface area contributed by atoms with Crippen LogP contribution in [0.1, 0.15) is 28.4 Å². The summed E-state index contributed by atoms with van der Waals surface area (Å²) in [5.74, 6) is 1.27. The predicted octanol–water partition coefficient (Wildman–Crippen LogP) is 2.31. The third kappa shape index (κ3) is 2.52. The van der Waals surface area contributed by atoms with Crippen molar-refractivity contribution in [1.82, 2.24) is 15.0 Å². The van der Waals surface area contributed by atoms with Gasteiger partial charge in [-0.05, 0) is 20.8 Å². The van der Waals surface area contributed by atoms with Crippen LogP contribution in [0.4, 0.5) is 11.6 Å². The third-order valence-electron chi connectivity index (χ3n) is 2.49. The predicted molar refractivity (Wildman–Crippen MR) is 70.1 cm³/mol. The largest absolute Gasteiger partial charge is 0.383 e. The van der Waals surface area contributed by atoms with Crippen molar-refractivity contribution in [2.45, 2.75) is 26.8 Å². The molecule has 1 atom stereocenters. The molecule has 0 bridgehead atoms. The van der Waals surface area contributed by atoms with Gasteiger partial charge in [-0.2, -0.15) is 0 Å². The minimum Gasteiger partial charge on any atom is -0.383 e. The SMILES string of the molecule is Cc1cnc(C(C)Nc2ncnc(N)c2C)s1. The molecule has 0 amide bonds. The second-order valence-corrected chi connectivity index (χ2v) is 5.17. The summed E-state index contributed by atoms with van der Waals surface area (Å²) < 4.78 is 0. The first kappa shape index (κ1) is 11.8. The molecular weight excluding hydrogens is 234 g/mol. The Morgan fingerprint density at radius 3 is 2.71 bits per heavy atom. The van der Waals surface area contributed by atoms with Crippen LogP contribution in [-0.4, -0.2) is 15.0 Å². The molecule has 2 rings (SSSR count). The molecule has 0 spiro atoms. The maximum absolute atomic E-state index is 5.74. The Hall–Kier alpha value is -1.69. The van der Waals surface area contributed by atoms with Crippen LogP contribution in [0.3, 0.4) is 0 Å². The van der Waals surface area contributed by atoms with Crippen molar-refractivity contribution < 1.29 is 0 Å². The zero-order valence-electron chi connectivity index (χ0n) is 10.1. The molecule has 1 unspecified atom stereocenters. The van der Waals surface area contributed by atoms with Gasteiger partial charge in [0.1, 0.15) is 23.0 Å². The number of nitrogen functional groups attached to an aromatic ring is 1. The molecular formula is C11H15N5S.